The van der Waals surface area contributed by atoms with Crippen molar-refractivity contribution in [3.8, 4) is 11.5 Å². The molecular weight excluding hydrogens is 464 g/mol. The van der Waals surface area contributed by atoms with Gasteiger partial charge in [-0.25, -0.2) is 4.98 Å². The minimum absolute atomic E-state index is 0.0780. The Hall–Kier alpha value is -3.63. The van der Waals surface area contributed by atoms with Crippen LogP contribution >= 0.6 is 0 Å². The van der Waals surface area contributed by atoms with E-state index in [4.69, 9.17) is 19.2 Å². The predicted octanol–water partition coefficient (Wildman–Crippen LogP) is 2.20. The van der Waals surface area contributed by atoms with E-state index in [0.717, 1.165) is 18.6 Å². The molecule has 0 bridgehead atoms. The maximum atomic E-state index is 14.0. The number of methoxy groups -OCH3 is 1. The Morgan fingerprint density at radius 2 is 1.94 bits per heavy atom. The Morgan fingerprint density at radius 1 is 1.17 bits per heavy atom. The standard InChI is InChI=1S/C26H30N4O6/c1-3-36-25(33)22-23(17-8-9-21(34-2)20(31)16-17)30-19-7-5-4-6-18(19)27-26(30)29(24(22)32)11-10-28-12-14-35-15-13-28/h4-9,16,22-23,31H,3,10-15H2,1-2H3/t22-,23-/m1/s1. The van der Waals surface area contributed by atoms with Gasteiger partial charge in [0.1, 0.15) is 0 Å². The number of carbonyl (C=O) groups is 2. The number of morpholine rings is 1. The number of hydrogen-bond acceptors (Lipinski definition) is 8. The molecule has 10 nitrogen and oxygen atoms in total. The lowest BCUT2D eigenvalue weighted by atomic mass is 9.89. The van der Waals surface area contributed by atoms with E-state index in [1.54, 1.807) is 24.0 Å². The zero-order valence-corrected chi connectivity index (χ0v) is 20.4. The van der Waals surface area contributed by atoms with Gasteiger partial charge in [-0.15, -0.1) is 0 Å². The number of carbonyl (C=O) groups excluding carboxylic acids is 2. The number of phenolic OH excluding ortho intramolecular Hbond substituents is 1. The van der Waals surface area contributed by atoms with E-state index in [2.05, 4.69) is 4.90 Å². The summed E-state index contributed by atoms with van der Waals surface area (Å²) in [5, 5.41) is 10.5. The van der Waals surface area contributed by atoms with Crippen molar-refractivity contribution in [2.24, 2.45) is 5.92 Å². The summed E-state index contributed by atoms with van der Waals surface area (Å²) in [6, 6.07) is 11.7. The number of hydrogen-bond donors (Lipinski definition) is 1. The molecule has 1 N–H and O–H groups in total. The number of fused-ring (bicyclic) bond motifs is 3. The highest BCUT2D eigenvalue weighted by molar-refractivity contribution is 6.08. The van der Waals surface area contributed by atoms with E-state index >= 15 is 0 Å². The number of aromatic nitrogens is 2. The van der Waals surface area contributed by atoms with Crippen LogP contribution in [0.15, 0.2) is 42.5 Å². The van der Waals surface area contributed by atoms with Gasteiger partial charge in [0.2, 0.25) is 11.9 Å². The van der Waals surface area contributed by atoms with Crippen molar-refractivity contribution in [1.29, 1.82) is 0 Å². The highest BCUT2D eigenvalue weighted by Gasteiger charge is 2.48. The van der Waals surface area contributed by atoms with Gasteiger partial charge < -0.3 is 23.9 Å². The summed E-state index contributed by atoms with van der Waals surface area (Å²) in [5.41, 5.74) is 2.08. The Labute approximate surface area is 209 Å². The van der Waals surface area contributed by atoms with Gasteiger partial charge in [-0.3, -0.25) is 19.4 Å². The molecule has 1 saturated heterocycles. The first-order valence-corrected chi connectivity index (χ1v) is 12.2. The lowest BCUT2D eigenvalue weighted by Crippen LogP contribution is -2.52. The smallest absolute Gasteiger partial charge is 0.321 e. The molecule has 2 aromatic carbocycles. The number of phenols is 1. The van der Waals surface area contributed by atoms with Crippen molar-refractivity contribution in [3.63, 3.8) is 0 Å². The van der Waals surface area contributed by atoms with Gasteiger partial charge >= 0.3 is 5.97 Å². The second-order valence-electron chi connectivity index (χ2n) is 8.82. The topological polar surface area (TPSA) is 106 Å². The SMILES string of the molecule is CCOC(=O)[C@H]1C(=O)N(CCN2CCOCC2)c2nc3ccccc3n2[C@@H]1c1ccc(OC)c(O)c1. The molecule has 10 heteroatoms. The zero-order valence-electron chi connectivity index (χ0n) is 20.4. The quantitative estimate of drug-likeness (QED) is 0.394. The maximum Gasteiger partial charge on any atom is 0.321 e. The first kappa shape index (κ1) is 24.1. The fraction of sp³-hybridized carbons (Fsp3) is 0.423. The highest BCUT2D eigenvalue weighted by atomic mass is 16.5. The fourth-order valence-corrected chi connectivity index (χ4v) is 5.02. The second kappa shape index (κ2) is 10.2. The Kier molecular flexibility index (Phi) is 6.80. The molecule has 5 rings (SSSR count). The third-order valence-electron chi connectivity index (χ3n) is 6.77. The van der Waals surface area contributed by atoms with E-state index in [0.29, 0.717) is 49.1 Å². The van der Waals surface area contributed by atoms with Gasteiger partial charge in [0.05, 0.1) is 44.0 Å². The number of amides is 1. The normalized spacial score (nSPS) is 20.4. The van der Waals surface area contributed by atoms with Crippen LogP contribution in [0.1, 0.15) is 18.5 Å². The molecular formula is C26H30N4O6. The van der Waals surface area contributed by atoms with Gasteiger partial charge in [0.15, 0.2) is 17.4 Å². The predicted molar refractivity (Wildman–Crippen MR) is 132 cm³/mol. The van der Waals surface area contributed by atoms with Crippen LogP contribution in [0.2, 0.25) is 0 Å². The second-order valence-corrected chi connectivity index (χ2v) is 8.82. The van der Waals surface area contributed by atoms with Crippen LogP contribution in [-0.4, -0.2) is 84.5 Å². The van der Waals surface area contributed by atoms with Gasteiger partial charge in [-0.2, -0.15) is 0 Å². The molecule has 1 aromatic heterocycles. The fourth-order valence-electron chi connectivity index (χ4n) is 5.02. The van der Waals surface area contributed by atoms with Crippen molar-refractivity contribution in [2.45, 2.75) is 13.0 Å². The summed E-state index contributed by atoms with van der Waals surface area (Å²) < 4.78 is 18.0. The molecule has 36 heavy (non-hydrogen) atoms. The van der Waals surface area contributed by atoms with E-state index in [9.17, 15) is 14.7 Å². The van der Waals surface area contributed by atoms with E-state index in [-0.39, 0.29) is 18.3 Å². The van der Waals surface area contributed by atoms with E-state index in [1.807, 2.05) is 28.8 Å². The Balaban J connectivity index is 1.64. The summed E-state index contributed by atoms with van der Waals surface area (Å²) >= 11 is 0. The molecule has 2 atom stereocenters. The van der Waals surface area contributed by atoms with Crippen LogP contribution in [0, 0.1) is 5.92 Å². The average molecular weight is 495 g/mol. The minimum Gasteiger partial charge on any atom is -0.504 e. The largest absolute Gasteiger partial charge is 0.504 e. The van der Waals surface area contributed by atoms with Crippen LogP contribution in [-0.2, 0) is 19.1 Å². The summed E-state index contributed by atoms with van der Waals surface area (Å²) in [6.07, 6.45) is 0. The third kappa shape index (κ3) is 4.27. The van der Waals surface area contributed by atoms with E-state index < -0.39 is 17.9 Å². The van der Waals surface area contributed by atoms with Crippen molar-refractivity contribution >= 4 is 28.9 Å². The number of esters is 1. The van der Waals surface area contributed by atoms with Crippen molar-refractivity contribution in [2.75, 3.05) is 58.0 Å². The van der Waals surface area contributed by atoms with Gasteiger partial charge in [0.25, 0.3) is 0 Å². The Bertz CT molecular complexity index is 1270. The molecule has 0 unspecified atom stereocenters. The molecule has 1 fully saturated rings. The van der Waals surface area contributed by atoms with Gasteiger partial charge in [-0.05, 0) is 36.8 Å². The number of anilines is 1. The van der Waals surface area contributed by atoms with Crippen molar-refractivity contribution in [3.05, 3.63) is 48.0 Å². The molecule has 0 saturated carbocycles. The molecule has 3 heterocycles. The van der Waals surface area contributed by atoms with Crippen LogP contribution in [0.25, 0.3) is 11.0 Å². The zero-order chi connectivity index (χ0) is 25.2. The van der Waals surface area contributed by atoms with Crippen molar-refractivity contribution in [1.82, 2.24) is 14.5 Å². The first-order chi connectivity index (χ1) is 17.5. The number of ether oxygens (including phenoxy) is 3. The third-order valence-corrected chi connectivity index (χ3v) is 6.77. The molecule has 0 radical (unpaired) electrons. The average Bonchev–Trinajstić information content (AvgIpc) is 3.27. The van der Waals surface area contributed by atoms with E-state index in [1.165, 1.54) is 13.2 Å². The minimum atomic E-state index is -1.15. The number of aromatic hydroxyl groups is 1. The maximum absolute atomic E-state index is 14.0. The molecule has 2 aliphatic rings. The Morgan fingerprint density at radius 3 is 2.67 bits per heavy atom. The number of benzene rings is 2. The molecule has 190 valence electrons. The molecule has 3 aromatic rings. The van der Waals surface area contributed by atoms with Gasteiger partial charge in [0, 0.05) is 26.2 Å². The monoisotopic (exact) mass is 494 g/mol. The van der Waals surface area contributed by atoms with Crippen LogP contribution in [0.5, 0.6) is 11.5 Å². The van der Waals surface area contributed by atoms with Crippen molar-refractivity contribution < 1.29 is 28.9 Å². The number of nitrogens with zero attached hydrogens (tertiary/aromatic N) is 4. The summed E-state index contributed by atoms with van der Waals surface area (Å²) in [5.74, 6) is -1.43. The van der Waals surface area contributed by atoms with Crippen LogP contribution < -0.4 is 9.64 Å². The molecule has 1 amide bonds. The van der Waals surface area contributed by atoms with Crippen LogP contribution in [0.4, 0.5) is 5.95 Å². The summed E-state index contributed by atoms with van der Waals surface area (Å²) in [4.78, 5) is 35.9. The number of imidazole rings is 1. The number of para-hydroxylation sites is 2. The van der Waals surface area contributed by atoms with Gasteiger partial charge in [-0.1, -0.05) is 18.2 Å². The first-order valence-electron chi connectivity index (χ1n) is 12.2. The molecule has 0 spiro atoms. The summed E-state index contributed by atoms with van der Waals surface area (Å²) in [6.45, 7) is 5.74. The molecule has 0 aliphatic carbocycles. The lowest BCUT2D eigenvalue weighted by Gasteiger charge is -2.39. The number of rotatable bonds is 7. The summed E-state index contributed by atoms with van der Waals surface area (Å²) in [7, 11) is 1.47. The van der Waals surface area contributed by atoms with Crippen LogP contribution in [0.3, 0.4) is 0 Å². The molecule has 2 aliphatic heterocycles. The highest BCUT2D eigenvalue weighted by Crippen LogP contribution is 2.43. The lowest BCUT2D eigenvalue weighted by molar-refractivity contribution is -0.153.